The van der Waals surface area contributed by atoms with Crippen LogP contribution >= 0.6 is 0 Å². The topological polar surface area (TPSA) is 77.5 Å². The quantitative estimate of drug-likeness (QED) is 0.776. The molecule has 2 aliphatic heterocycles. The second-order valence-electron chi connectivity index (χ2n) is 7.59. The largest absolute Gasteiger partial charge is 0.505 e. The van der Waals surface area contributed by atoms with Crippen LogP contribution in [0.1, 0.15) is 40.4 Å². The summed E-state index contributed by atoms with van der Waals surface area (Å²) in [5.41, 5.74) is 9.49. The monoisotopic (exact) mass is 366 g/mol. The van der Waals surface area contributed by atoms with Crippen molar-refractivity contribution in [2.45, 2.75) is 31.7 Å². The number of nitrogens with one attached hydrogen (secondary N) is 2. The zero-order chi connectivity index (χ0) is 18.8. The van der Waals surface area contributed by atoms with E-state index in [4.69, 9.17) is 0 Å². The summed E-state index contributed by atoms with van der Waals surface area (Å²) in [5, 5.41) is 9.97. The van der Waals surface area contributed by atoms with Crippen LogP contribution in [0.15, 0.2) is 42.6 Å². The van der Waals surface area contributed by atoms with Gasteiger partial charge in [-0.15, -0.1) is 0 Å². The van der Waals surface area contributed by atoms with E-state index in [0.29, 0.717) is 24.9 Å². The standard InChI is InChI=1S/C21H26N4O2/c1-14-6-8-15(9-7-14)17-12-23-24-19(17)16-4-3-11-25(13-16)21(27)20-18(26)5-2-10-22-20/h2,5-10,16-17,19,23-24,26H,3-4,11-13H2,1H3. The van der Waals surface area contributed by atoms with E-state index in [1.165, 1.54) is 17.2 Å². The van der Waals surface area contributed by atoms with Gasteiger partial charge < -0.3 is 10.0 Å². The number of aromatic hydroxyl groups is 1. The van der Waals surface area contributed by atoms with Crippen LogP contribution in [0.3, 0.4) is 0 Å². The molecule has 2 saturated heterocycles. The molecule has 0 aliphatic carbocycles. The number of hydrogen-bond donors (Lipinski definition) is 3. The van der Waals surface area contributed by atoms with Crippen LogP contribution in [-0.4, -0.2) is 46.6 Å². The maximum atomic E-state index is 12.8. The Balaban J connectivity index is 1.50. The van der Waals surface area contributed by atoms with Crippen molar-refractivity contribution < 1.29 is 9.90 Å². The molecule has 0 spiro atoms. The number of nitrogens with zero attached hydrogens (tertiary/aromatic N) is 2. The van der Waals surface area contributed by atoms with E-state index < -0.39 is 0 Å². The molecular formula is C21H26N4O2. The summed E-state index contributed by atoms with van der Waals surface area (Å²) in [6.45, 7) is 4.38. The highest BCUT2D eigenvalue weighted by atomic mass is 16.3. The molecule has 3 heterocycles. The first-order valence-corrected chi connectivity index (χ1v) is 9.61. The number of carbonyl (C=O) groups excluding carboxylic acids is 1. The molecule has 0 radical (unpaired) electrons. The van der Waals surface area contributed by atoms with E-state index >= 15 is 0 Å². The molecule has 4 rings (SSSR count). The molecule has 0 bridgehead atoms. The molecule has 2 fully saturated rings. The van der Waals surface area contributed by atoms with E-state index in [2.05, 4.69) is 47.0 Å². The Labute approximate surface area is 159 Å². The van der Waals surface area contributed by atoms with Crippen molar-refractivity contribution in [3.05, 3.63) is 59.4 Å². The molecular weight excluding hydrogens is 340 g/mol. The van der Waals surface area contributed by atoms with Gasteiger partial charge in [-0.1, -0.05) is 29.8 Å². The molecule has 142 valence electrons. The summed E-state index contributed by atoms with van der Waals surface area (Å²) in [7, 11) is 0. The lowest BCUT2D eigenvalue weighted by atomic mass is 9.81. The minimum atomic E-state index is -0.185. The smallest absolute Gasteiger partial charge is 0.276 e. The Bertz CT molecular complexity index is 808. The molecule has 3 N–H and O–H groups in total. The Morgan fingerprint density at radius 1 is 1.26 bits per heavy atom. The summed E-state index contributed by atoms with van der Waals surface area (Å²) in [5.74, 6) is 0.502. The summed E-state index contributed by atoms with van der Waals surface area (Å²) < 4.78 is 0. The van der Waals surface area contributed by atoms with Crippen molar-refractivity contribution in [3.63, 3.8) is 0 Å². The van der Waals surface area contributed by atoms with E-state index in [-0.39, 0.29) is 23.4 Å². The summed E-state index contributed by atoms with van der Waals surface area (Å²) >= 11 is 0. The van der Waals surface area contributed by atoms with Gasteiger partial charge in [0.1, 0.15) is 5.75 Å². The highest BCUT2D eigenvalue weighted by molar-refractivity contribution is 5.94. The Morgan fingerprint density at radius 2 is 2.07 bits per heavy atom. The molecule has 2 aromatic rings. The number of carbonyl (C=O) groups is 1. The van der Waals surface area contributed by atoms with Crippen LogP contribution in [-0.2, 0) is 0 Å². The molecule has 6 heteroatoms. The fourth-order valence-corrected chi connectivity index (χ4v) is 4.30. The number of pyridine rings is 1. The molecule has 3 unspecified atom stereocenters. The van der Waals surface area contributed by atoms with Crippen LogP contribution < -0.4 is 10.9 Å². The maximum Gasteiger partial charge on any atom is 0.276 e. The lowest BCUT2D eigenvalue weighted by molar-refractivity contribution is 0.0635. The third kappa shape index (κ3) is 3.68. The zero-order valence-corrected chi connectivity index (χ0v) is 15.6. The summed E-state index contributed by atoms with van der Waals surface area (Å²) in [4.78, 5) is 18.8. The van der Waals surface area contributed by atoms with Crippen LogP contribution in [0.4, 0.5) is 0 Å². The van der Waals surface area contributed by atoms with Crippen molar-refractivity contribution in [1.29, 1.82) is 0 Å². The molecule has 0 saturated carbocycles. The third-order valence-corrected chi connectivity index (χ3v) is 5.77. The number of piperidine rings is 1. The van der Waals surface area contributed by atoms with Crippen LogP contribution in [0.2, 0.25) is 0 Å². The fraction of sp³-hybridized carbons (Fsp3) is 0.429. The average molecular weight is 366 g/mol. The highest BCUT2D eigenvalue weighted by Crippen LogP contribution is 2.32. The summed E-state index contributed by atoms with van der Waals surface area (Å²) in [6, 6.07) is 12.2. The first kappa shape index (κ1) is 17.9. The van der Waals surface area contributed by atoms with Crippen molar-refractivity contribution in [2.75, 3.05) is 19.6 Å². The molecule has 3 atom stereocenters. The van der Waals surface area contributed by atoms with Gasteiger partial charge in [0.05, 0.1) is 0 Å². The van der Waals surface area contributed by atoms with Gasteiger partial charge in [-0.25, -0.2) is 4.98 Å². The highest BCUT2D eigenvalue weighted by Gasteiger charge is 2.38. The average Bonchev–Trinajstić information content (AvgIpc) is 3.18. The molecule has 1 aromatic carbocycles. The van der Waals surface area contributed by atoms with Gasteiger partial charge in [0.25, 0.3) is 5.91 Å². The minimum absolute atomic E-state index is 0.0530. The minimum Gasteiger partial charge on any atom is -0.505 e. The second-order valence-corrected chi connectivity index (χ2v) is 7.59. The van der Waals surface area contributed by atoms with Crippen molar-refractivity contribution >= 4 is 5.91 Å². The Kier molecular flexibility index (Phi) is 5.09. The van der Waals surface area contributed by atoms with Gasteiger partial charge in [-0.2, -0.15) is 0 Å². The molecule has 1 aromatic heterocycles. The number of benzene rings is 1. The summed E-state index contributed by atoms with van der Waals surface area (Å²) in [6.07, 6.45) is 3.59. The lowest BCUT2D eigenvalue weighted by Gasteiger charge is -2.37. The van der Waals surface area contributed by atoms with E-state index in [1.807, 2.05) is 4.90 Å². The van der Waals surface area contributed by atoms with E-state index in [1.54, 1.807) is 12.3 Å². The van der Waals surface area contributed by atoms with Crippen molar-refractivity contribution in [1.82, 2.24) is 20.7 Å². The van der Waals surface area contributed by atoms with E-state index in [9.17, 15) is 9.90 Å². The predicted octanol–water partition coefficient (Wildman–Crippen LogP) is 2.21. The van der Waals surface area contributed by atoms with Crippen molar-refractivity contribution in [2.24, 2.45) is 5.92 Å². The molecule has 1 amide bonds. The maximum absolute atomic E-state index is 12.8. The van der Waals surface area contributed by atoms with Crippen LogP contribution in [0.25, 0.3) is 0 Å². The second kappa shape index (κ2) is 7.66. The first-order chi connectivity index (χ1) is 13.1. The molecule has 2 aliphatic rings. The van der Waals surface area contributed by atoms with Gasteiger partial charge in [0, 0.05) is 37.8 Å². The number of aryl methyl sites for hydroxylation is 1. The number of rotatable bonds is 3. The number of amides is 1. The lowest BCUT2D eigenvalue weighted by Crippen LogP contribution is -2.48. The number of aromatic nitrogens is 1. The van der Waals surface area contributed by atoms with Gasteiger partial charge in [-0.3, -0.25) is 15.6 Å². The molecule has 6 nitrogen and oxygen atoms in total. The normalized spacial score (nSPS) is 25.5. The predicted molar refractivity (Wildman–Crippen MR) is 103 cm³/mol. The number of hydrogen-bond acceptors (Lipinski definition) is 5. The van der Waals surface area contributed by atoms with Gasteiger partial charge in [-0.05, 0) is 43.4 Å². The Hall–Kier alpha value is -2.44. The van der Waals surface area contributed by atoms with Gasteiger partial charge >= 0.3 is 0 Å². The number of hydrazine groups is 1. The SMILES string of the molecule is Cc1ccc(C2CNNC2C2CCCN(C(=O)c3ncccc3O)C2)cc1. The fourth-order valence-electron chi connectivity index (χ4n) is 4.30. The Morgan fingerprint density at radius 3 is 2.85 bits per heavy atom. The molecule has 27 heavy (non-hydrogen) atoms. The van der Waals surface area contributed by atoms with Gasteiger partial charge in [0.2, 0.25) is 0 Å². The third-order valence-electron chi connectivity index (χ3n) is 5.77. The first-order valence-electron chi connectivity index (χ1n) is 9.61. The zero-order valence-electron chi connectivity index (χ0n) is 15.6. The van der Waals surface area contributed by atoms with Crippen molar-refractivity contribution in [3.8, 4) is 5.75 Å². The number of likely N-dealkylation sites (tertiary alicyclic amines) is 1. The van der Waals surface area contributed by atoms with Crippen LogP contribution in [0, 0.1) is 12.8 Å². The van der Waals surface area contributed by atoms with E-state index in [0.717, 1.165) is 19.4 Å². The van der Waals surface area contributed by atoms with Crippen LogP contribution in [0.5, 0.6) is 5.75 Å². The van der Waals surface area contributed by atoms with Gasteiger partial charge in [0.15, 0.2) is 5.69 Å².